The molecule has 11 rings (SSSR count). The lowest BCUT2D eigenvalue weighted by Crippen LogP contribution is -2.11. The largest absolute Gasteiger partial charge is 0.456 e. The molecule has 0 fully saturated rings. The molecule has 0 radical (unpaired) electrons. The molecule has 0 saturated carbocycles. The molecule has 0 spiro atoms. The zero-order chi connectivity index (χ0) is 37.0. The molecule has 262 valence electrons. The fraction of sp³-hybridized carbons (Fsp3) is 0. The Morgan fingerprint density at radius 2 is 0.946 bits per heavy atom. The van der Waals surface area contributed by atoms with Crippen LogP contribution in [0.4, 0.5) is 17.1 Å². The summed E-state index contributed by atoms with van der Waals surface area (Å²) in [6, 6.07) is 76.6. The van der Waals surface area contributed by atoms with Gasteiger partial charge in [0.15, 0.2) is 0 Å². The van der Waals surface area contributed by atoms with Gasteiger partial charge in [-0.1, -0.05) is 164 Å². The van der Waals surface area contributed by atoms with Crippen LogP contribution in [-0.4, -0.2) is 0 Å². The Hall–Kier alpha value is -7.42. The van der Waals surface area contributed by atoms with E-state index >= 15 is 0 Å². The first-order chi connectivity index (χ1) is 27.8. The molecule has 0 unspecified atom stereocenters. The van der Waals surface area contributed by atoms with Gasteiger partial charge in [-0.05, 0) is 109 Å². The molecule has 0 aliphatic carbocycles. The predicted octanol–water partition coefficient (Wildman–Crippen LogP) is 15.5. The highest BCUT2D eigenvalue weighted by Gasteiger charge is 2.25. The molecule has 0 aliphatic rings. The van der Waals surface area contributed by atoms with Crippen LogP contribution < -0.4 is 4.90 Å². The van der Waals surface area contributed by atoms with Crippen molar-refractivity contribution in [3.05, 3.63) is 212 Å². The Balaban J connectivity index is 1.23. The van der Waals surface area contributed by atoms with Crippen molar-refractivity contribution in [3.63, 3.8) is 0 Å². The van der Waals surface area contributed by atoms with Crippen molar-refractivity contribution in [2.24, 2.45) is 0 Å². The quantitative estimate of drug-likeness (QED) is 0.160. The molecular weight excluding hydrogens is 679 g/mol. The van der Waals surface area contributed by atoms with Crippen molar-refractivity contribution >= 4 is 71.3 Å². The average Bonchev–Trinajstić information content (AvgIpc) is 3.66. The van der Waals surface area contributed by atoms with Gasteiger partial charge in [0.25, 0.3) is 0 Å². The molecule has 0 aliphatic heterocycles. The Morgan fingerprint density at radius 3 is 1.79 bits per heavy atom. The van der Waals surface area contributed by atoms with Crippen LogP contribution >= 0.6 is 0 Å². The average molecular weight is 714 g/mol. The SMILES string of the molecule is c1ccc(-c2ccc(N(c3cccc(-c4cccc5ccccc45)c3)c3ccc4oc5ccccc5c4c3-c3cc4ccccc4c4ccccc34)cc2)cc1. The van der Waals surface area contributed by atoms with Crippen LogP contribution in [0.15, 0.2) is 217 Å². The van der Waals surface area contributed by atoms with Crippen LogP contribution in [0.5, 0.6) is 0 Å². The van der Waals surface area contributed by atoms with Crippen LogP contribution in [0.1, 0.15) is 0 Å². The van der Waals surface area contributed by atoms with Crippen molar-refractivity contribution < 1.29 is 4.42 Å². The summed E-state index contributed by atoms with van der Waals surface area (Å²) in [5.74, 6) is 0. The molecule has 10 aromatic carbocycles. The summed E-state index contributed by atoms with van der Waals surface area (Å²) in [5.41, 5.74) is 12.0. The van der Waals surface area contributed by atoms with Crippen LogP contribution in [0, 0.1) is 0 Å². The van der Waals surface area contributed by atoms with Crippen molar-refractivity contribution in [3.8, 4) is 33.4 Å². The number of para-hydroxylation sites is 1. The zero-order valence-corrected chi connectivity index (χ0v) is 30.6. The molecule has 2 nitrogen and oxygen atoms in total. The molecule has 0 bridgehead atoms. The maximum atomic E-state index is 6.62. The summed E-state index contributed by atoms with van der Waals surface area (Å²) in [7, 11) is 0. The summed E-state index contributed by atoms with van der Waals surface area (Å²) in [6.45, 7) is 0. The second-order valence-electron chi connectivity index (χ2n) is 14.4. The molecule has 0 atom stereocenters. The maximum Gasteiger partial charge on any atom is 0.136 e. The standard InChI is InChI=1S/C54H35NO/c1-2-14-36(15-3-1)37-28-30-41(31-29-37)55(42-20-12-19-39(34-42)44-26-13-18-38-16-4-6-21-43(38)44)50-32-33-52-54(48-25-10-11-27-51(48)56-52)53(50)49-35-40-17-5-7-22-45(40)46-23-8-9-24-47(46)49/h1-35H. The fourth-order valence-corrected chi connectivity index (χ4v) is 8.68. The van der Waals surface area contributed by atoms with Gasteiger partial charge >= 0.3 is 0 Å². The van der Waals surface area contributed by atoms with Gasteiger partial charge in [0.05, 0.1) is 5.69 Å². The second-order valence-corrected chi connectivity index (χ2v) is 14.4. The molecule has 2 heteroatoms. The summed E-state index contributed by atoms with van der Waals surface area (Å²) in [6.07, 6.45) is 0. The monoisotopic (exact) mass is 713 g/mol. The molecule has 56 heavy (non-hydrogen) atoms. The topological polar surface area (TPSA) is 16.4 Å². The Morgan fingerprint density at radius 1 is 0.321 bits per heavy atom. The third kappa shape index (κ3) is 5.26. The van der Waals surface area contributed by atoms with Crippen molar-refractivity contribution in [1.82, 2.24) is 0 Å². The first-order valence-electron chi connectivity index (χ1n) is 19.2. The van der Waals surface area contributed by atoms with E-state index in [1.807, 2.05) is 0 Å². The van der Waals surface area contributed by atoms with Crippen molar-refractivity contribution in [1.29, 1.82) is 0 Å². The number of anilines is 3. The van der Waals surface area contributed by atoms with E-state index in [1.54, 1.807) is 0 Å². The predicted molar refractivity (Wildman–Crippen MR) is 237 cm³/mol. The molecule has 1 heterocycles. The van der Waals surface area contributed by atoms with Crippen molar-refractivity contribution in [2.45, 2.75) is 0 Å². The number of nitrogens with zero attached hydrogens (tertiary/aromatic N) is 1. The van der Waals surface area contributed by atoms with E-state index in [0.29, 0.717) is 0 Å². The minimum absolute atomic E-state index is 0.867. The smallest absolute Gasteiger partial charge is 0.136 e. The highest BCUT2D eigenvalue weighted by Crippen LogP contribution is 2.50. The summed E-state index contributed by atoms with van der Waals surface area (Å²) in [4.78, 5) is 2.43. The van der Waals surface area contributed by atoms with E-state index < -0.39 is 0 Å². The first-order valence-corrected chi connectivity index (χ1v) is 19.2. The van der Waals surface area contributed by atoms with Crippen LogP contribution in [-0.2, 0) is 0 Å². The number of benzene rings is 10. The van der Waals surface area contributed by atoms with Crippen molar-refractivity contribution in [2.75, 3.05) is 4.90 Å². The lowest BCUT2D eigenvalue weighted by Gasteiger charge is -2.29. The van der Waals surface area contributed by atoms with E-state index in [4.69, 9.17) is 4.42 Å². The number of rotatable bonds is 6. The first kappa shape index (κ1) is 32.0. The van der Waals surface area contributed by atoms with Crippen LogP contribution in [0.3, 0.4) is 0 Å². The van der Waals surface area contributed by atoms with E-state index in [-0.39, 0.29) is 0 Å². The summed E-state index contributed by atoms with van der Waals surface area (Å²) in [5, 5.41) is 9.55. The van der Waals surface area contributed by atoms with E-state index in [2.05, 4.69) is 217 Å². The van der Waals surface area contributed by atoms with Gasteiger partial charge in [-0.15, -0.1) is 0 Å². The fourth-order valence-electron chi connectivity index (χ4n) is 8.68. The third-order valence-corrected chi connectivity index (χ3v) is 11.2. The van der Waals surface area contributed by atoms with Gasteiger partial charge < -0.3 is 9.32 Å². The molecule has 0 saturated heterocycles. The van der Waals surface area contributed by atoms with E-state index in [9.17, 15) is 0 Å². The van der Waals surface area contributed by atoms with Gasteiger partial charge in [-0.3, -0.25) is 0 Å². The van der Waals surface area contributed by atoms with E-state index in [0.717, 1.165) is 50.1 Å². The molecule has 0 amide bonds. The minimum atomic E-state index is 0.867. The number of hydrogen-bond acceptors (Lipinski definition) is 2. The number of hydrogen-bond donors (Lipinski definition) is 0. The second kappa shape index (κ2) is 13.2. The highest BCUT2D eigenvalue weighted by atomic mass is 16.3. The molecule has 11 aromatic rings. The van der Waals surface area contributed by atoms with Crippen LogP contribution in [0.2, 0.25) is 0 Å². The normalized spacial score (nSPS) is 11.6. The third-order valence-electron chi connectivity index (χ3n) is 11.2. The van der Waals surface area contributed by atoms with Gasteiger partial charge in [0, 0.05) is 27.7 Å². The van der Waals surface area contributed by atoms with Gasteiger partial charge in [0.1, 0.15) is 11.2 Å². The maximum absolute atomic E-state index is 6.62. The molecule has 1 aromatic heterocycles. The van der Waals surface area contributed by atoms with E-state index in [1.165, 1.54) is 54.6 Å². The number of furan rings is 1. The Kier molecular flexibility index (Phi) is 7.53. The van der Waals surface area contributed by atoms with Gasteiger partial charge in [0.2, 0.25) is 0 Å². The van der Waals surface area contributed by atoms with Crippen LogP contribution in [0.25, 0.3) is 87.6 Å². The Labute approximate surface area is 325 Å². The molecular formula is C54H35NO. The molecule has 0 N–H and O–H groups in total. The lowest BCUT2D eigenvalue weighted by molar-refractivity contribution is 0.669. The summed E-state index contributed by atoms with van der Waals surface area (Å²) < 4.78 is 6.62. The highest BCUT2D eigenvalue weighted by molar-refractivity contribution is 6.22. The Bertz CT molecular complexity index is 3240. The van der Waals surface area contributed by atoms with Gasteiger partial charge in [-0.2, -0.15) is 0 Å². The van der Waals surface area contributed by atoms with Gasteiger partial charge in [-0.25, -0.2) is 0 Å². The minimum Gasteiger partial charge on any atom is -0.456 e. The summed E-state index contributed by atoms with van der Waals surface area (Å²) >= 11 is 0. The lowest BCUT2D eigenvalue weighted by atomic mass is 9.89. The zero-order valence-electron chi connectivity index (χ0n) is 30.6. The number of fused-ring (bicyclic) bond motifs is 7.